The molecular formula is C25H27N3O5S. The lowest BCUT2D eigenvalue weighted by atomic mass is 10.1. The molecule has 0 aliphatic carbocycles. The van der Waals surface area contributed by atoms with Gasteiger partial charge in [0.25, 0.3) is 5.91 Å². The monoisotopic (exact) mass is 481 g/mol. The Kier molecular flexibility index (Phi) is 8.50. The maximum Gasteiger partial charge on any atom is 0.340 e. The summed E-state index contributed by atoms with van der Waals surface area (Å²) in [5.74, 6) is -1.84. The Morgan fingerprint density at radius 1 is 0.912 bits per heavy atom. The molecule has 0 saturated heterocycles. The van der Waals surface area contributed by atoms with Gasteiger partial charge < -0.3 is 20.5 Å². The maximum atomic E-state index is 13.0. The fourth-order valence-electron chi connectivity index (χ4n) is 3.03. The van der Waals surface area contributed by atoms with Crippen molar-refractivity contribution in [3.8, 4) is 0 Å². The summed E-state index contributed by atoms with van der Waals surface area (Å²) in [4.78, 5) is 43.5. The number of ether oxygens (including phenoxy) is 1. The Balaban J connectivity index is 1.69. The topological polar surface area (TPSA) is 118 Å². The summed E-state index contributed by atoms with van der Waals surface area (Å²) < 4.78 is 5.40. The Labute approximate surface area is 202 Å². The van der Waals surface area contributed by atoms with Gasteiger partial charge in [-0.1, -0.05) is 74.5 Å². The highest BCUT2D eigenvalue weighted by Crippen LogP contribution is 2.25. The minimum atomic E-state index is -1.55. The molecule has 0 spiro atoms. The lowest BCUT2D eigenvalue weighted by molar-refractivity contribution is -0.165. The summed E-state index contributed by atoms with van der Waals surface area (Å²) in [6.45, 7) is 5.58. The Hall–Kier alpha value is -3.56. The SMILES string of the molecule is CC(NC(=O)C(OC(=O)C(O)c1ccccc1)c1ccccc1)C(=O)Nc1ncc(C(C)C)s1. The normalized spacial score (nSPS) is 13.6. The standard InChI is InChI=1S/C25H27N3O5S/c1-15(2)19-14-26-25(34-19)28-22(30)16(3)27-23(31)21(18-12-8-5-9-13-18)33-24(32)20(29)17-10-6-4-7-11-17/h4-16,20-21,29H,1-3H3,(H,27,31)(H,26,28,30). The van der Waals surface area contributed by atoms with Crippen LogP contribution in [0.15, 0.2) is 66.9 Å². The van der Waals surface area contributed by atoms with Crippen molar-refractivity contribution >= 4 is 34.3 Å². The molecule has 2 amide bonds. The smallest absolute Gasteiger partial charge is 0.340 e. The van der Waals surface area contributed by atoms with E-state index >= 15 is 0 Å². The van der Waals surface area contributed by atoms with Crippen LogP contribution in [-0.2, 0) is 19.1 Å². The average Bonchev–Trinajstić information content (AvgIpc) is 3.31. The molecular weight excluding hydrogens is 454 g/mol. The van der Waals surface area contributed by atoms with Gasteiger partial charge in [-0.2, -0.15) is 0 Å². The van der Waals surface area contributed by atoms with Gasteiger partial charge in [0.1, 0.15) is 6.04 Å². The number of rotatable bonds is 9. The zero-order valence-corrected chi connectivity index (χ0v) is 19.9. The molecule has 34 heavy (non-hydrogen) atoms. The molecule has 0 bridgehead atoms. The number of esters is 1. The van der Waals surface area contributed by atoms with Gasteiger partial charge in [-0.3, -0.25) is 9.59 Å². The fraction of sp³-hybridized carbons (Fsp3) is 0.280. The van der Waals surface area contributed by atoms with Gasteiger partial charge in [0.15, 0.2) is 11.2 Å². The molecule has 0 saturated carbocycles. The molecule has 3 atom stereocenters. The minimum Gasteiger partial charge on any atom is -0.445 e. The van der Waals surface area contributed by atoms with Crippen LogP contribution >= 0.6 is 11.3 Å². The van der Waals surface area contributed by atoms with Crippen LogP contribution < -0.4 is 10.6 Å². The van der Waals surface area contributed by atoms with E-state index in [9.17, 15) is 19.5 Å². The van der Waals surface area contributed by atoms with Crippen molar-refractivity contribution in [1.82, 2.24) is 10.3 Å². The van der Waals surface area contributed by atoms with Crippen LogP contribution in [0.2, 0.25) is 0 Å². The molecule has 9 heteroatoms. The molecule has 2 aromatic carbocycles. The van der Waals surface area contributed by atoms with Crippen molar-refractivity contribution in [2.75, 3.05) is 5.32 Å². The number of nitrogens with zero attached hydrogens (tertiary/aromatic N) is 1. The van der Waals surface area contributed by atoms with E-state index in [-0.39, 0.29) is 5.92 Å². The first-order chi connectivity index (χ1) is 16.3. The molecule has 0 radical (unpaired) electrons. The van der Waals surface area contributed by atoms with E-state index in [1.165, 1.54) is 18.3 Å². The number of hydrogen-bond acceptors (Lipinski definition) is 7. The van der Waals surface area contributed by atoms with Gasteiger partial charge >= 0.3 is 5.97 Å². The number of hydrogen-bond donors (Lipinski definition) is 3. The highest BCUT2D eigenvalue weighted by molar-refractivity contribution is 7.15. The fourth-order valence-corrected chi connectivity index (χ4v) is 3.85. The number of carbonyl (C=O) groups is 3. The predicted octanol–water partition coefficient (Wildman–Crippen LogP) is 3.73. The molecule has 3 rings (SSSR count). The molecule has 0 aliphatic heterocycles. The zero-order valence-electron chi connectivity index (χ0n) is 19.1. The van der Waals surface area contributed by atoms with E-state index in [1.54, 1.807) is 66.9 Å². The lowest BCUT2D eigenvalue weighted by Crippen LogP contribution is -2.44. The molecule has 0 fully saturated rings. The van der Waals surface area contributed by atoms with Gasteiger partial charge in [-0.05, 0) is 18.4 Å². The van der Waals surface area contributed by atoms with Gasteiger partial charge in [0, 0.05) is 16.6 Å². The molecule has 3 unspecified atom stereocenters. The van der Waals surface area contributed by atoms with Crippen LogP contribution in [-0.4, -0.2) is 33.9 Å². The lowest BCUT2D eigenvalue weighted by Gasteiger charge is -2.22. The predicted molar refractivity (Wildman–Crippen MR) is 129 cm³/mol. The number of aliphatic hydroxyl groups is 1. The molecule has 0 aliphatic rings. The van der Waals surface area contributed by atoms with E-state index in [2.05, 4.69) is 15.6 Å². The summed E-state index contributed by atoms with van der Waals surface area (Å²) >= 11 is 1.37. The summed E-state index contributed by atoms with van der Waals surface area (Å²) in [6.07, 6.45) is -1.20. The van der Waals surface area contributed by atoms with Crippen LogP contribution in [0.5, 0.6) is 0 Å². The molecule has 3 aromatic rings. The first-order valence-corrected chi connectivity index (χ1v) is 11.6. The minimum absolute atomic E-state index is 0.285. The largest absolute Gasteiger partial charge is 0.445 e. The zero-order chi connectivity index (χ0) is 24.7. The van der Waals surface area contributed by atoms with Crippen molar-refractivity contribution in [2.45, 2.75) is 44.9 Å². The van der Waals surface area contributed by atoms with E-state index < -0.39 is 36.0 Å². The molecule has 1 aromatic heterocycles. The third kappa shape index (κ3) is 6.49. The van der Waals surface area contributed by atoms with Crippen molar-refractivity contribution in [3.63, 3.8) is 0 Å². The quantitative estimate of drug-likeness (QED) is 0.401. The number of carbonyl (C=O) groups excluding carboxylic acids is 3. The third-order valence-corrected chi connectivity index (χ3v) is 6.20. The number of aromatic nitrogens is 1. The van der Waals surface area contributed by atoms with Crippen LogP contribution in [0.25, 0.3) is 0 Å². The summed E-state index contributed by atoms with van der Waals surface area (Å²) in [5, 5.41) is 16.1. The number of thiazole rings is 1. The number of benzene rings is 2. The highest BCUT2D eigenvalue weighted by atomic mass is 32.1. The van der Waals surface area contributed by atoms with Crippen LogP contribution in [0.4, 0.5) is 5.13 Å². The van der Waals surface area contributed by atoms with Gasteiger partial charge in [0.05, 0.1) is 0 Å². The van der Waals surface area contributed by atoms with Crippen molar-refractivity contribution in [2.24, 2.45) is 0 Å². The number of anilines is 1. The molecule has 1 heterocycles. The van der Waals surface area contributed by atoms with Gasteiger partial charge in [-0.25, -0.2) is 9.78 Å². The summed E-state index contributed by atoms with van der Waals surface area (Å²) in [6, 6.07) is 15.8. The van der Waals surface area contributed by atoms with Gasteiger partial charge in [0.2, 0.25) is 12.0 Å². The van der Waals surface area contributed by atoms with Crippen molar-refractivity contribution < 1.29 is 24.2 Å². The number of amides is 2. The Bertz CT molecular complexity index is 1120. The summed E-state index contributed by atoms with van der Waals surface area (Å²) in [5.41, 5.74) is 0.749. The Morgan fingerprint density at radius 2 is 1.50 bits per heavy atom. The van der Waals surface area contributed by atoms with E-state index in [4.69, 9.17) is 4.74 Å². The van der Waals surface area contributed by atoms with Crippen molar-refractivity contribution in [1.29, 1.82) is 0 Å². The average molecular weight is 482 g/mol. The highest BCUT2D eigenvalue weighted by Gasteiger charge is 2.30. The van der Waals surface area contributed by atoms with Crippen LogP contribution in [0.1, 0.15) is 54.9 Å². The van der Waals surface area contributed by atoms with E-state index in [0.717, 1.165) is 4.88 Å². The van der Waals surface area contributed by atoms with Crippen LogP contribution in [0, 0.1) is 0 Å². The number of nitrogens with one attached hydrogen (secondary N) is 2. The second-order valence-corrected chi connectivity index (χ2v) is 9.05. The molecule has 3 N–H and O–H groups in total. The first-order valence-electron chi connectivity index (χ1n) is 10.8. The second kappa shape index (κ2) is 11.5. The first kappa shape index (κ1) is 25.1. The summed E-state index contributed by atoms with van der Waals surface area (Å²) in [7, 11) is 0. The van der Waals surface area contributed by atoms with Gasteiger partial charge in [-0.15, -0.1) is 11.3 Å². The third-order valence-electron chi connectivity index (χ3n) is 4.99. The van der Waals surface area contributed by atoms with Crippen LogP contribution in [0.3, 0.4) is 0 Å². The number of aliphatic hydroxyl groups excluding tert-OH is 1. The maximum absolute atomic E-state index is 13.0. The molecule has 8 nitrogen and oxygen atoms in total. The van der Waals surface area contributed by atoms with E-state index in [1.807, 2.05) is 13.8 Å². The second-order valence-electron chi connectivity index (χ2n) is 7.98. The van der Waals surface area contributed by atoms with Crippen molar-refractivity contribution in [3.05, 3.63) is 82.9 Å². The molecule has 178 valence electrons. The Morgan fingerprint density at radius 3 is 2.06 bits per heavy atom. The van der Waals surface area contributed by atoms with E-state index in [0.29, 0.717) is 16.3 Å².